The first-order valence-electron chi connectivity index (χ1n) is 11.6. The number of hydrogen-bond donors (Lipinski definition) is 6. The average molecular weight is 479 g/mol. The number of aromatic hydroxyl groups is 1. The molecule has 10 heteroatoms. The Hall–Kier alpha value is -3.14. The van der Waals surface area contributed by atoms with Crippen LogP contribution in [0.5, 0.6) is 5.75 Å². The van der Waals surface area contributed by atoms with Crippen molar-refractivity contribution in [1.82, 2.24) is 16.0 Å². The van der Waals surface area contributed by atoms with Crippen molar-refractivity contribution >= 4 is 23.7 Å². The summed E-state index contributed by atoms with van der Waals surface area (Å²) < 4.78 is 0. The molecule has 0 saturated carbocycles. The first kappa shape index (κ1) is 28.9. The lowest BCUT2D eigenvalue weighted by Gasteiger charge is -2.28. The van der Waals surface area contributed by atoms with Crippen LogP contribution in [0.1, 0.15) is 52.5 Å². The highest BCUT2D eigenvalue weighted by molar-refractivity contribution is 5.93. The quantitative estimate of drug-likeness (QED) is 0.231. The molecule has 0 aromatic heterocycles. The second-order valence-corrected chi connectivity index (χ2v) is 8.61. The molecule has 1 rings (SSSR count). The fourth-order valence-corrected chi connectivity index (χ4v) is 3.35. The van der Waals surface area contributed by atoms with E-state index >= 15 is 0 Å². The summed E-state index contributed by atoms with van der Waals surface area (Å²) in [6.07, 6.45) is 1.27. The number of phenolic OH excluding ortho intramolecular Hbond substituents is 1. The molecule has 0 heterocycles. The van der Waals surface area contributed by atoms with Gasteiger partial charge in [-0.2, -0.15) is 0 Å². The minimum absolute atomic E-state index is 0.0518. The predicted octanol–water partition coefficient (Wildman–Crippen LogP) is 0.915. The number of carboxylic acids is 1. The predicted molar refractivity (Wildman–Crippen MR) is 128 cm³/mol. The number of benzene rings is 1. The fraction of sp³-hybridized carbons (Fsp3) is 0.583. The van der Waals surface area contributed by atoms with Crippen LogP contribution < -0.4 is 21.7 Å². The number of phenols is 1. The van der Waals surface area contributed by atoms with Crippen LogP contribution in [0.4, 0.5) is 0 Å². The van der Waals surface area contributed by atoms with Crippen LogP contribution in [0.25, 0.3) is 0 Å². The summed E-state index contributed by atoms with van der Waals surface area (Å²) >= 11 is 0. The van der Waals surface area contributed by atoms with E-state index in [9.17, 15) is 29.4 Å². The number of nitrogens with one attached hydrogen (secondary N) is 3. The van der Waals surface area contributed by atoms with Crippen molar-refractivity contribution in [3.8, 4) is 5.75 Å². The van der Waals surface area contributed by atoms with E-state index in [0.717, 1.165) is 0 Å². The van der Waals surface area contributed by atoms with E-state index in [-0.39, 0.29) is 42.9 Å². The van der Waals surface area contributed by atoms with Crippen molar-refractivity contribution in [2.45, 2.75) is 71.5 Å². The van der Waals surface area contributed by atoms with E-state index in [1.165, 1.54) is 12.1 Å². The largest absolute Gasteiger partial charge is 0.508 e. The van der Waals surface area contributed by atoms with Crippen LogP contribution in [-0.2, 0) is 25.6 Å². The van der Waals surface area contributed by atoms with E-state index in [0.29, 0.717) is 18.4 Å². The zero-order chi connectivity index (χ0) is 25.8. The van der Waals surface area contributed by atoms with Gasteiger partial charge in [0.15, 0.2) is 0 Å². The Bertz CT molecular complexity index is 829. The molecule has 190 valence electrons. The average Bonchev–Trinajstić information content (AvgIpc) is 2.80. The Balaban J connectivity index is 3.17. The third kappa shape index (κ3) is 9.01. The molecular formula is C24H38N4O6. The summed E-state index contributed by atoms with van der Waals surface area (Å²) in [5, 5.41) is 27.0. The minimum Gasteiger partial charge on any atom is -0.508 e. The maximum atomic E-state index is 13.2. The molecule has 1 aromatic carbocycles. The van der Waals surface area contributed by atoms with Crippen molar-refractivity contribution in [3.63, 3.8) is 0 Å². The maximum absolute atomic E-state index is 13.2. The highest BCUT2D eigenvalue weighted by atomic mass is 16.4. The van der Waals surface area contributed by atoms with Crippen molar-refractivity contribution in [2.75, 3.05) is 6.54 Å². The second kappa shape index (κ2) is 14.2. The number of carbonyl (C=O) groups excluding carboxylic acids is 3. The molecule has 0 saturated heterocycles. The Kier molecular flexibility index (Phi) is 12.1. The SMILES string of the molecule is CCC(C)[C@H](NC(=O)[C@H](Cc1ccc(O)cc1)NC(=O)[C@@H](NC(=O)CCN)[C@@H](C)CC)C(=O)O. The molecule has 34 heavy (non-hydrogen) atoms. The zero-order valence-electron chi connectivity index (χ0n) is 20.3. The van der Waals surface area contributed by atoms with Gasteiger partial charge in [-0.15, -0.1) is 0 Å². The number of rotatable bonds is 14. The smallest absolute Gasteiger partial charge is 0.326 e. The van der Waals surface area contributed by atoms with Gasteiger partial charge in [0, 0.05) is 19.4 Å². The molecule has 0 fully saturated rings. The monoisotopic (exact) mass is 478 g/mol. The Labute approximate surface area is 200 Å². The van der Waals surface area contributed by atoms with Crippen LogP contribution in [0.3, 0.4) is 0 Å². The summed E-state index contributed by atoms with van der Waals surface area (Å²) in [6, 6.07) is 3.04. The van der Waals surface area contributed by atoms with Gasteiger partial charge >= 0.3 is 5.97 Å². The summed E-state index contributed by atoms with van der Waals surface area (Å²) in [6.45, 7) is 7.37. The van der Waals surface area contributed by atoms with Gasteiger partial charge in [0.25, 0.3) is 0 Å². The molecule has 0 spiro atoms. The van der Waals surface area contributed by atoms with Gasteiger partial charge in [-0.25, -0.2) is 4.79 Å². The molecular weight excluding hydrogens is 440 g/mol. The van der Waals surface area contributed by atoms with Gasteiger partial charge in [0.1, 0.15) is 23.9 Å². The van der Waals surface area contributed by atoms with E-state index in [1.807, 2.05) is 20.8 Å². The van der Waals surface area contributed by atoms with Crippen molar-refractivity contribution < 1.29 is 29.4 Å². The van der Waals surface area contributed by atoms with Crippen molar-refractivity contribution in [2.24, 2.45) is 17.6 Å². The first-order valence-corrected chi connectivity index (χ1v) is 11.6. The van der Waals surface area contributed by atoms with Crippen molar-refractivity contribution in [3.05, 3.63) is 29.8 Å². The molecule has 0 aliphatic carbocycles. The van der Waals surface area contributed by atoms with Crippen LogP contribution in [0.2, 0.25) is 0 Å². The van der Waals surface area contributed by atoms with E-state index in [2.05, 4.69) is 16.0 Å². The highest BCUT2D eigenvalue weighted by Crippen LogP contribution is 2.14. The van der Waals surface area contributed by atoms with Gasteiger partial charge < -0.3 is 31.9 Å². The molecule has 7 N–H and O–H groups in total. The molecule has 0 aliphatic heterocycles. The van der Waals surface area contributed by atoms with E-state index < -0.39 is 35.9 Å². The summed E-state index contributed by atoms with van der Waals surface area (Å²) in [4.78, 5) is 50.1. The number of nitrogens with two attached hydrogens (primary N) is 1. The van der Waals surface area contributed by atoms with Gasteiger partial charge in [-0.05, 0) is 29.5 Å². The Morgan fingerprint density at radius 2 is 1.44 bits per heavy atom. The lowest BCUT2D eigenvalue weighted by Crippen LogP contribution is -2.58. The molecule has 5 atom stereocenters. The molecule has 0 radical (unpaired) electrons. The van der Waals surface area contributed by atoms with Gasteiger partial charge in [-0.3, -0.25) is 14.4 Å². The van der Waals surface area contributed by atoms with Crippen LogP contribution in [0.15, 0.2) is 24.3 Å². The normalized spacial score (nSPS) is 15.3. The standard InChI is InChI=1S/C24H38N4O6/c1-5-14(3)20(27-19(30)11-12-25)23(32)26-18(13-16-7-9-17(29)10-8-16)22(31)28-21(24(33)34)15(4)6-2/h7-10,14-15,18,20-21,29H,5-6,11-13,25H2,1-4H3,(H,26,32)(H,27,30)(H,28,31)(H,33,34)/t14-,15?,18-,20-,21-/m0/s1. The van der Waals surface area contributed by atoms with Gasteiger partial charge in [-0.1, -0.05) is 52.7 Å². The minimum atomic E-state index is -1.16. The summed E-state index contributed by atoms with van der Waals surface area (Å²) in [5.41, 5.74) is 6.09. The third-order valence-corrected chi connectivity index (χ3v) is 5.97. The Morgan fingerprint density at radius 1 is 0.882 bits per heavy atom. The lowest BCUT2D eigenvalue weighted by molar-refractivity contribution is -0.143. The number of hydrogen-bond acceptors (Lipinski definition) is 6. The van der Waals surface area contributed by atoms with Crippen LogP contribution in [-0.4, -0.2) is 58.6 Å². The second-order valence-electron chi connectivity index (χ2n) is 8.61. The molecule has 3 amide bonds. The first-order chi connectivity index (χ1) is 16.0. The van der Waals surface area contributed by atoms with Crippen LogP contribution in [0, 0.1) is 11.8 Å². The van der Waals surface area contributed by atoms with Crippen LogP contribution >= 0.6 is 0 Å². The summed E-state index contributed by atoms with van der Waals surface area (Å²) in [5.74, 6) is -3.22. The van der Waals surface area contributed by atoms with Crippen molar-refractivity contribution in [1.29, 1.82) is 0 Å². The van der Waals surface area contributed by atoms with E-state index in [1.54, 1.807) is 19.1 Å². The molecule has 10 nitrogen and oxygen atoms in total. The highest BCUT2D eigenvalue weighted by Gasteiger charge is 2.32. The topological polar surface area (TPSA) is 171 Å². The molecule has 1 unspecified atom stereocenters. The number of carbonyl (C=O) groups is 4. The zero-order valence-corrected chi connectivity index (χ0v) is 20.3. The molecule has 0 bridgehead atoms. The Morgan fingerprint density at radius 3 is 1.94 bits per heavy atom. The lowest BCUT2D eigenvalue weighted by atomic mass is 9.96. The van der Waals surface area contributed by atoms with Gasteiger partial charge in [0.05, 0.1) is 0 Å². The molecule has 1 aromatic rings. The van der Waals surface area contributed by atoms with E-state index in [4.69, 9.17) is 5.73 Å². The van der Waals surface area contributed by atoms with Gasteiger partial charge in [0.2, 0.25) is 17.7 Å². The molecule has 0 aliphatic rings. The number of carboxylic acid groups (broad SMARTS) is 1. The maximum Gasteiger partial charge on any atom is 0.326 e. The summed E-state index contributed by atoms with van der Waals surface area (Å²) in [7, 11) is 0. The third-order valence-electron chi connectivity index (χ3n) is 5.97. The number of amides is 3. The number of aliphatic carboxylic acids is 1. The fourth-order valence-electron chi connectivity index (χ4n) is 3.35.